The molecule has 112 valence electrons. The van der Waals surface area contributed by atoms with Crippen LogP contribution in [0.25, 0.3) is 0 Å². The molecular formula is C13H20N2O4S. The van der Waals surface area contributed by atoms with Gasteiger partial charge >= 0.3 is 0 Å². The highest BCUT2D eigenvalue weighted by Crippen LogP contribution is 2.15. The van der Waals surface area contributed by atoms with E-state index in [0.717, 1.165) is 5.56 Å². The molecule has 0 aliphatic heterocycles. The van der Waals surface area contributed by atoms with E-state index in [1.54, 1.807) is 24.3 Å². The number of ether oxygens (including phenoxy) is 1. The van der Waals surface area contributed by atoms with Crippen molar-refractivity contribution in [2.24, 2.45) is 5.73 Å². The van der Waals surface area contributed by atoms with Crippen LogP contribution in [0.1, 0.15) is 12.5 Å². The van der Waals surface area contributed by atoms with E-state index in [1.807, 2.05) is 0 Å². The van der Waals surface area contributed by atoms with Crippen molar-refractivity contribution < 1.29 is 17.9 Å². The Kier molecular flexibility index (Phi) is 6.12. The number of benzene rings is 1. The molecule has 7 heteroatoms. The summed E-state index contributed by atoms with van der Waals surface area (Å²) in [6.45, 7) is 1.70. The van der Waals surface area contributed by atoms with Crippen molar-refractivity contribution in [3.8, 4) is 0 Å². The Morgan fingerprint density at radius 3 is 2.65 bits per heavy atom. The lowest BCUT2D eigenvalue weighted by molar-refractivity contribution is -0.115. The fourth-order valence-corrected chi connectivity index (χ4v) is 2.73. The number of carbonyl (C=O) groups is 1. The lowest BCUT2D eigenvalue weighted by Gasteiger charge is -2.14. The molecule has 0 aliphatic carbocycles. The van der Waals surface area contributed by atoms with Gasteiger partial charge in [0.15, 0.2) is 9.84 Å². The van der Waals surface area contributed by atoms with Crippen LogP contribution < -0.4 is 11.1 Å². The van der Waals surface area contributed by atoms with Crippen LogP contribution in [-0.4, -0.2) is 39.0 Å². The summed E-state index contributed by atoms with van der Waals surface area (Å²) >= 11 is 0. The summed E-state index contributed by atoms with van der Waals surface area (Å²) in [6.07, 6.45) is 0. The van der Waals surface area contributed by atoms with Crippen LogP contribution in [0.3, 0.4) is 0 Å². The lowest BCUT2D eigenvalue weighted by atomic mass is 10.2. The van der Waals surface area contributed by atoms with E-state index in [1.165, 1.54) is 14.0 Å². The second kappa shape index (κ2) is 7.37. The molecule has 0 radical (unpaired) electrons. The number of hydrogen-bond donors (Lipinski definition) is 2. The Hall–Kier alpha value is -1.44. The van der Waals surface area contributed by atoms with Gasteiger partial charge in [-0.05, 0) is 18.6 Å². The average Bonchev–Trinajstić information content (AvgIpc) is 2.44. The molecule has 0 bridgehead atoms. The van der Waals surface area contributed by atoms with Crippen molar-refractivity contribution in [2.45, 2.75) is 18.7 Å². The molecule has 1 atom stereocenters. The number of anilines is 1. The summed E-state index contributed by atoms with van der Waals surface area (Å²) in [5, 5.41) is 1.47. The quantitative estimate of drug-likeness (QED) is 0.765. The second-order valence-corrected chi connectivity index (χ2v) is 6.79. The maximum absolute atomic E-state index is 12.0. The highest BCUT2D eigenvalue weighted by molar-refractivity contribution is 7.92. The first-order chi connectivity index (χ1) is 9.42. The van der Waals surface area contributed by atoms with E-state index in [9.17, 15) is 13.2 Å². The standard InChI is InChI=1S/C13H20N2O4S/c1-10(20(17,18)8-7-19-2)13(16)15-12-6-4-3-5-11(12)9-14/h3-6,10H,7-9,14H2,1-2H3,(H,15,16). The highest BCUT2D eigenvalue weighted by atomic mass is 32.2. The maximum atomic E-state index is 12.0. The Labute approximate surface area is 119 Å². The largest absolute Gasteiger partial charge is 0.384 e. The Morgan fingerprint density at radius 1 is 1.40 bits per heavy atom. The lowest BCUT2D eigenvalue weighted by Crippen LogP contribution is -2.35. The number of nitrogens with one attached hydrogen (secondary N) is 1. The summed E-state index contributed by atoms with van der Waals surface area (Å²) in [5.74, 6) is -0.751. The van der Waals surface area contributed by atoms with Crippen LogP contribution >= 0.6 is 0 Å². The van der Waals surface area contributed by atoms with E-state index in [0.29, 0.717) is 5.69 Å². The molecule has 1 aromatic carbocycles. The van der Waals surface area contributed by atoms with Gasteiger partial charge in [0.2, 0.25) is 5.91 Å². The zero-order valence-corrected chi connectivity index (χ0v) is 12.4. The van der Waals surface area contributed by atoms with E-state index >= 15 is 0 Å². The monoisotopic (exact) mass is 300 g/mol. The Morgan fingerprint density at radius 2 is 2.05 bits per heavy atom. The molecule has 0 saturated heterocycles. The van der Waals surface area contributed by atoms with Crippen molar-refractivity contribution >= 4 is 21.4 Å². The summed E-state index contributed by atoms with van der Waals surface area (Å²) in [6, 6.07) is 7.02. The molecule has 0 saturated carbocycles. The van der Waals surface area contributed by atoms with Crippen molar-refractivity contribution in [3.05, 3.63) is 29.8 Å². The fourth-order valence-electron chi connectivity index (χ4n) is 1.59. The van der Waals surface area contributed by atoms with Crippen LogP contribution in [0, 0.1) is 0 Å². The molecule has 0 spiro atoms. The molecule has 0 fully saturated rings. The van der Waals surface area contributed by atoms with Gasteiger partial charge in [0, 0.05) is 19.3 Å². The summed E-state index contributed by atoms with van der Waals surface area (Å²) < 4.78 is 28.6. The zero-order valence-electron chi connectivity index (χ0n) is 11.6. The van der Waals surface area contributed by atoms with Gasteiger partial charge in [0.05, 0.1) is 12.4 Å². The van der Waals surface area contributed by atoms with Gasteiger partial charge in [-0.2, -0.15) is 0 Å². The van der Waals surface area contributed by atoms with Gasteiger partial charge in [-0.15, -0.1) is 0 Å². The van der Waals surface area contributed by atoms with Crippen LogP contribution in [0.4, 0.5) is 5.69 Å². The third-order valence-electron chi connectivity index (χ3n) is 2.98. The molecule has 20 heavy (non-hydrogen) atoms. The number of nitrogens with two attached hydrogens (primary N) is 1. The predicted octanol–water partition coefficient (Wildman–Crippen LogP) is 0.534. The normalized spacial score (nSPS) is 12.9. The third kappa shape index (κ3) is 4.29. The number of amides is 1. The summed E-state index contributed by atoms with van der Waals surface area (Å²) in [7, 11) is -2.12. The van der Waals surface area contributed by atoms with Crippen LogP contribution in [0.15, 0.2) is 24.3 Å². The van der Waals surface area contributed by atoms with Gasteiger partial charge < -0.3 is 15.8 Å². The van der Waals surface area contributed by atoms with Gasteiger partial charge in [-0.3, -0.25) is 4.79 Å². The van der Waals surface area contributed by atoms with E-state index in [4.69, 9.17) is 10.5 Å². The third-order valence-corrected chi connectivity index (χ3v) is 5.00. The van der Waals surface area contributed by atoms with E-state index in [-0.39, 0.29) is 18.9 Å². The Balaban J connectivity index is 2.80. The molecule has 1 amide bonds. The summed E-state index contributed by atoms with van der Waals surface area (Å²) in [4.78, 5) is 12.0. The van der Waals surface area contributed by atoms with Gasteiger partial charge in [0.1, 0.15) is 5.25 Å². The SMILES string of the molecule is COCCS(=O)(=O)C(C)C(=O)Nc1ccccc1CN. The van der Waals surface area contributed by atoms with Crippen molar-refractivity contribution in [2.75, 3.05) is 24.8 Å². The zero-order chi connectivity index (χ0) is 15.2. The minimum absolute atomic E-state index is 0.0688. The molecular weight excluding hydrogens is 280 g/mol. The highest BCUT2D eigenvalue weighted by Gasteiger charge is 2.27. The molecule has 0 aliphatic rings. The van der Waals surface area contributed by atoms with Crippen LogP contribution in [-0.2, 0) is 25.9 Å². The van der Waals surface area contributed by atoms with Crippen molar-refractivity contribution in [1.82, 2.24) is 0 Å². The number of rotatable bonds is 7. The minimum Gasteiger partial charge on any atom is -0.384 e. The first-order valence-electron chi connectivity index (χ1n) is 6.21. The smallest absolute Gasteiger partial charge is 0.242 e. The van der Waals surface area contributed by atoms with Crippen LogP contribution in [0.2, 0.25) is 0 Å². The predicted molar refractivity (Wildman–Crippen MR) is 78.1 cm³/mol. The first-order valence-corrected chi connectivity index (χ1v) is 7.93. The number of methoxy groups -OCH3 is 1. The second-order valence-electron chi connectivity index (χ2n) is 4.35. The van der Waals surface area contributed by atoms with Gasteiger partial charge in [-0.1, -0.05) is 18.2 Å². The topological polar surface area (TPSA) is 98.5 Å². The molecule has 1 rings (SSSR count). The molecule has 1 aromatic rings. The number of para-hydroxylation sites is 1. The first kappa shape index (κ1) is 16.6. The molecule has 0 heterocycles. The van der Waals surface area contributed by atoms with Crippen LogP contribution in [0.5, 0.6) is 0 Å². The number of carbonyl (C=O) groups excluding carboxylic acids is 1. The molecule has 3 N–H and O–H groups in total. The Bertz CT molecular complexity index is 557. The van der Waals surface area contributed by atoms with Crippen molar-refractivity contribution in [1.29, 1.82) is 0 Å². The van der Waals surface area contributed by atoms with Crippen molar-refractivity contribution in [3.63, 3.8) is 0 Å². The van der Waals surface area contributed by atoms with E-state index in [2.05, 4.69) is 5.32 Å². The summed E-state index contributed by atoms with van der Waals surface area (Å²) in [5.41, 5.74) is 6.86. The van der Waals surface area contributed by atoms with Gasteiger partial charge in [-0.25, -0.2) is 8.42 Å². The van der Waals surface area contributed by atoms with Gasteiger partial charge in [0.25, 0.3) is 0 Å². The molecule has 6 nitrogen and oxygen atoms in total. The maximum Gasteiger partial charge on any atom is 0.242 e. The minimum atomic E-state index is -3.53. The number of hydrogen-bond acceptors (Lipinski definition) is 5. The fraction of sp³-hybridized carbons (Fsp3) is 0.462. The number of sulfone groups is 1. The molecule has 1 unspecified atom stereocenters. The van der Waals surface area contributed by atoms with E-state index < -0.39 is 21.0 Å². The molecule has 0 aromatic heterocycles. The average molecular weight is 300 g/mol.